The Morgan fingerprint density at radius 2 is 2.29 bits per heavy atom. The summed E-state index contributed by atoms with van der Waals surface area (Å²) in [6, 6.07) is 6.31. The first kappa shape index (κ1) is 12.9. The fourth-order valence-electron chi connectivity index (χ4n) is 2.34. The van der Waals surface area contributed by atoms with E-state index >= 15 is 0 Å². The molecule has 1 saturated carbocycles. The smallest absolute Gasteiger partial charge is 0.0739 e. The van der Waals surface area contributed by atoms with Gasteiger partial charge in [0.2, 0.25) is 0 Å². The van der Waals surface area contributed by atoms with Crippen molar-refractivity contribution in [2.45, 2.75) is 37.5 Å². The maximum atomic E-state index is 6.01. The number of para-hydroxylation sites is 1. The van der Waals surface area contributed by atoms with E-state index in [4.69, 9.17) is 17.3 Å². The maximum absolute atomic E-state index is 6.01. The van der Waals surface area contributed by atoms with Crippen LogP contribution in [0, 0.1) is 0 Å². The van der Waals surface area contributed by atoms with Crippen molar-refractivity contribution in [2.75, 3.05) is 16.8 Å². The van der Waals surface area contributed by atoms with E-state index in [0.717, 1.165) is 10.9 Å². The zero-order chi connectivity index (χ0) is 12.3. The minimum atomic E-state index is 0.541. The van der Waals surface area contributed by atoms with E-state index in [-0.39, 0.29) is 0 Å². The van der Waals surface area contributed by atoms with E-state index in [2.05, 4.69) is 24.0 Å². The Morgan fingerprint density at radius 1 is 1.47 bits per heavy atom. The summed E-state index contributed by atoms with van der Waals surface area (Å²) in [7, 11) is 0. The Bertz CT molecular complexity index is 384. The van der Waals surface area contributed by atoms with E-state index in [1.165, 1.54) is 25.0 Å². The van der Waals surface area contributed by atoms with Gasteiger partial charge >= 0.3 is 0 Å². The van der Waals surface area contributed by atoms with Crippen molar-refractivity contribution < 1.29 is 0 Å². The summed E-state index contributed by atoms with van der Waals surface area (Å²) in [5, 5.41) is 4.95. The van der Waals surface area contributed by atoms with Crippen molar-refractivity contribution >= 4 is 34.7 Å². The van der Waals surface area contributed by atoms with Crippen LogP contribution in [0.25, 0.3) is 0 Å². The molecular weight excluding hydrogens is 252 g/mol. The van der Waals surface area contributed by atoms with Crippen LogP contribution in [0.2, 0.25) is 5.02 Å². The minimum Gasteiger partial charge on any atom is -0.396 e. The predicted molar refractivity (Wildman–Crippen MR) is 79.0 cm³/mol. The van der Waals surface area contributed by atoms with Crippen LogP contribution < -0.4 is 11.1 Å². The van der Waals surface area contributed by atoms with E-state index in [9.17, 15) is 0 Å². The third-order valence-corrected chi connectivity index (χ3v) is 4.76. The first-order chi connectivity index (χ1) is 8.20. The van der Waals surface area contributed by atoms with Crippen LogP contribution in [0.1, 0.15) is 26.2 Å². The lowest BCUT2D eigenvalue weighted by atomic mass is 10.2. The molecule has 94 valence electrons. The summed E-state index contributed by atoms with van der Waals surface area (Å²) in [6.07, 6.45) is 3.75. The second-order valence-corrected chi connectivity index (χ2v) is 6.42. The molecule has 0 spiro atoms. The number of rotatable bonds is 4. The molecule has 1 aromatic rings. The van der Waals surface area contributed by atoms with Crippen LogP contribution >= 0.6 is 23.4 Å². The highest BCUT2D eigenvalue weighted by Gasteiger charge is 2.24. The van der Waals surface area contributed by atoms with Crippen molar-refractivity contribution in [1.82, 2.24) is 0 Å². The molecule has 2 atom stereocenters. The number of hydrogen-bond acceptors (Lipinski definition) is 3. The van der Waals surface area contributed by atoms with E-state index in [1.807, 2.05) is 18.2 Å². The van der Waals surface area contributed by atoms with Crippen LogP contribution in [0.4, 0.5) is 11.4 Å². The number of thioether (sulfide) groups is 1. The summed E-state index contributed by atoms with van der Waals surface area (Å²) >= 11 is 8.07. The molecule has 2 unspecified atom stereocenters. The van der Waals surface area contributed by atoms with E-state index in [0.29, 0.717) is 16.8 Å². The fraction of sp³-hybridized carbons (Fsp3) is 0.538. The quantitative estimate of drug-likeness (QED) is 0.812. The number of anilines is 2. The van der Waals surface area contributed by atoms with Crippen molar-refractivity contribution in [3.63, 3.8) is 0 Å². The second-order valence-electron chi connectivity index (χ2n) is 4.43. The van der Waals surface area contributed by atoms with Crippen molar-refractivity contribution in [1.29, 1.82) is 0 Å². The third-order valence-electron chi connectivity index (χ3n) is 3.20. The molecule has 1 fully saturated rings. The number of hydrogen-bond donors (Lipinski definition) is 2. The van der Waals surface area contributed by atoms with Gasteiger partial charge in [0.1, 0.15) is 0 Å². The molecule has 4 heteroatoms. The lowest BCUT2D eigenvalue weighted by Gasteiger charge is -2.16. The molecule has 2 rings (SSSR count). The molecule has 0 bridgehead atoms. The number of benzene rings is 1. The Hall–Kier alpha value is -0.540. The first-order valence-electron chi connectivity index (χ1n) is 6.12. The monoisotopic (exact) mass is 270 g/mol. The van der Waals surface area contributed by atoms with Crippen molar-refractivity contribution in [3.8, 4) is 0 Å². The molecular formula is C13H19ClN2S. The van der Waals surface area contributed by atoms with Crippen molar-refractivity contribution in [3.05, 3.63) is 23.2 Å². The zero-order valence-corrected chi connectivity index (χ0v) is 11.7. The van der Waals surface area contributed by atoms with Gasteiger partial charge in [-0.1, -0.05) is 24.6 Å². The number of nitrogen functional groups attached to an aromatic ring is 1. The van der Waals surface area contributed by atoms with Crippen LogP contribution in [-0.2, 0) is 0 Å². The fourth-order valence-corrected chi connectivity index (χ4v) is 3.66. The molecule has 0 aromatic heterocycles. The number of halogens is 1. The molecule has 3 N–H and O–H groups in total. The highest BCUT2D eigenvalue weighted by molar-refractivity contribution is 7.99. The zero-order valence-electron chi connectivity index (χ0n) is 10.1. The molecule has 0 heterocycles. The summed E-state index contributed by atoms with van der Waals surface area (Å²) in [4.78, 5) is 0. The van der Waals surface area contributed by atoms with Crippen LogP contribution in [0.5, 0.6) is 0 Å². The highest BCUT2D eigenvalue weighted by atomic mass is 35.5. The normalized spacial score (nSPS) is 23.9. The molecule has 17 heavy (non-hydrogen) atoms. The summed E-state index contributed by atoms with van der Waals surface area (Å²) in [5.74, 6) is 1.21. The average Bonchev–Trinajstić information content (AvgIpc) is 2.73. The Labute approximate surface area is 112 Å². The topological polar surface area (TPSA) is 38.0 Å². The molecule has 1 aliphatic carbocycles. The molecule has 2 nitrogen and oxygen atoms in total. The number of nitrogens with two attached hydrogens (primary N) is 1. The summed E-state index contributed by atoms with van der Waals surface area (Å²) < 4.78 is 0. The first-order valence-corrected chi connectivity index (χ1v) is 7.55. The van der Waals surface area contributed by atoms with Gasteiger partial charge in [-0.15, -0.1) is 0 Å². The van der Waals surface area contributed by atoms with Gasteiger partial charge in [0.25, 0.3) is 0 Å². The summed E-state index contributed by atoms with van der Waals surface area (Å²) in [6.45, 7) is 2.22. The summed E-state index contributed by atoms with van der Waals surface area (Å²) in [5.41, 5.74) is 7.60. The number of nitrogens with one attached hydrogen (secondary N) is 1. The molecule has 0 amide bonds. The van der Waals surface area contributed by atoms with Gasteiger partial charge in [-0.25, -0.2) is 0 Å². The molecule has 0 saturated heterocycles. The standard InChI is InChI=1S/C13H19ClN2S/c1-2-17-10-7-6-9(8-10)16-12-5-3-4-11(14)13(12)15/h3-5,9-10,16H,2,6-8,15H2,1H3. The van der Waals surface area contributed by atoms with Gasteiger partial charge in [-0.2, -0.15) is 11.8 Å². The van der Waals surface area contributed by atoms with Crippen LogP contribution in [0.3, 0.4) is 0 Å². The Balaban J connectivity index is 1.96. The maximum Gasteiger partial charge on any atom is 0.0739 e. The van der Waals surface area contributed by atoms with Gasteiger partial charge in [0.15, 0.2) is 0 Å². The van der Waals surface area contributed by atoms with E-state index in [1.54, 1.807) is 0 Å². The highest BCUT2D eigenvalue weighted by Crippen LogP contribution is 2.34. The van der Waals surface area contributed by atoms with Crippen molar-refractivity contribution in [2.24, 2.45) is 0 Å². The Morgan fingerprint density at radius 3 is 3.06 bits per heavy atom. The SMILES string of the molecule is CCSC1CCC(Nc2cccc(Cl)c2N)C1. The van der Waals surface area contributed by atoms with Crippen LogP contribution in [-0.4, -0.2) is 17.0 Å². The van der Waals surface area contributed by atoms with Gasteiger partial charge in [0.05, 0.1) is 16.4 Å². The molecule has 1 aliphatic rings. The molecule has 0 radical (unpaired) electrons. The third kappa shape index (κ3) is 3.23. The predicted octanol–water partition coefficient (Wildman–Crippen LogP) is 4.01. The van der Waals surface area contributed by atoms with E-state index < -0.39 is 0 Å². The lowest BCUT2D eigenvalue weighted by molar-refractivity contribution is 0.757. The second kappa shape index (κ2) is 5.87. The molecule has 0 aliphatic heterocycles. The Kier molecular flexibility index (Phi) is 4.46. The minimum absolute atomic E-state index is 0.541. The van der Waals surface area contributed by atoms with Gasteiger partial charge in [-0.3, -0.25) is 0 Å². The average molecular weight is 271 g/mol. The lowest BCUT2D eigenvalue weighted by Crippen LogP contribution is -2.17. The van der Waals surface area contributed by atoms with Gasteiger partial charge < -0.3 is 11.1 Å². The van der Waals surface area contributed by atoms with Crippen LogP contribution in [0.15, 0.2) is 18.2 Å². The van der Waals surface area contributed by atoms with Gasteiger partial charge in [-0.05, 0) is 37.1 Å². The van der Waals surface area contributed by atoms with Gasteiger partial charge in [0, 0.05) is 11.3 Å². The molecule has 1 aromatic carbocycles. The largest absolute Gasteiger partial charge is 0.396 e.